The fraction of sp³-hybridized carbons (Fsp3) is 0.235. The lowest BCUT2D eigenvalue weighted by atomic mass is 10.4. The van der Waals surface area contributed by atoms with E-state index in [2.05, 4.69) is 16.9 Å². The van der Waals surface area contributed by atoms with Crippen LogP contribution in [0.25, 0.3) is 10.2 Å². The molecule has 0 saturated carbocycles. The summed E-state index contributed by atoms with van der Waals surface area (Å²) in [6.45, 7) is 6.40. The minimum absolute atomic E-state index is 0.0796. The number of amides is 1. The number of hydrogen-bond donors (Lipinski definition) is 1. The van der Waals surface area contributed by atoms with Gasteiger partial charge >= 0.3 is 0 Å². The zero-order chi connectivity index (χ0) is 17.8. The molecule has 3 aromatic heterocycles. The molecule has 1 unspecified atom stereocenters. The van der Waals surface area contributed by atoms with Crippen LogP contribution in [0.1, 0.15) is 11.8 Å². The molecule has 0 saturated heterocycles. The van der Waals surface area contributed by atoms with Gasteiger partial charge in [0.15, 0.2) is 5.16 Å². The highest BCUT2D eigenvalue weighted by Gasteiger charge is 2.19. The van der Waals surface area contributed by atoms with Crippen molar-refractivity contribution in [3.05, 3.63) is 56.8 Å². The van der Waals surface area contributed by atoms with E-state index in [4.69, 9.17) is 0 Å². The lowest BCUT2D eigenvalue weighted by molar-refractivity contribution is -0.120. The first-order valence-electron chi connectivity index (χ1n) is 7.66. The second kappa shape index (κ2) is 7.99. The summed E-state index contributed by atoms with van der Waals surface area (Å²) >= 11 is 4.32. The summed E-state index contributed by atoms with van der Waals surface area (Å²) in [7, 11) is 0. The third kappa shape index (κ3) is 4.02. The summed E-state index contributed by atoms with van der Waals surface area (Å²) in [6, 6.07) is 5.72. The van der Waals surface area contributed by atoms with Crippen LogP contribution >= 0.6 is 34.4 Å². The van der Waals surface area contributed by atoms with Crippen molar-refractivity contribution < 1.29 is 4.79 Å². The lowest BCUT2D eigenvalue weighted by Gasteiger charge is -2.14. The third-order valence-corrected chi connectivity index (χ3v) is 6.30. The number of fused-ring (bicyclic) bond motifs is 1. The summed E-state index contributed by atoms with van der Waals surface area (Å²) < 4.78 is 1.57. The first kappa shape index (κ1) is 17.9. The van der Waals surface area contributed by atoms with Gasteiger partial charge in [0.1, 0.15) is 4.83 Å². The smallest absolute Gasteiger partial charge is 0.263 e. The van der Waals surface area contributed by atoms with Gasteiger partial charge in [0.05, 0.1) is 17.2 Å². The molecule has 8 heteroatoms. The number of aromatic nitrogens is 2. The molecule has 25 heavy (non-hydrogen) atoms. The molecule has 130 valence electrons. The van der Waals surface area contributed by atoms with E-state index in [9.17, 15) is 9.59 Å². The van der Waals surface area contributed by atoms with Gasteiger partial charge in [-0.25, -0.2) is 4.98 Å². The van der Waals surface area contributed by atoms with Gasteiger partial charge in [0.2, 0.25) is 5.91 Å². The van der Waals surface area contributed by atoms with Crippen molar-refractivity contribution >= 4 is 50.6 Å². The SMILES string of the molecule is C=CCn1c(SC(C)C(=O)NCc2cccs2)nc2sccc2c1=O. The summed E-state index contributed by atoms with van der Waals surface area (Å²) in [5, 5.41) is 7.53. The Balaban J connectivity index is 1.78. The zero-order valence-electron chi connectivity index (χ0n) is 13.6. The van der Waals surface area contributed by atoms with Gasteiger partial charge in [-0.15, -0.1) is 29.3 Å². The predicted molar refractivity (Wildman–Crippen MR) is 106 cm³/mol. The van der Waals surface area contributed by atoms with Crippen LogP contribution in [-0.4, -0.2) is 20.7 Å². The second-order valence-electron chi connectivity index (χ2n) is 5.30. The van der Waals surface area contributed by atoms with Crippen LogP contribution in [0.4, 0.5) is 0 Å². The summed E-state index contributed by atoms with van der Waals surface area (Å²) in [4.78, 5) is 31.3. The van der Waals surface area contributed by atoms with Gasteiger partial charge in [0.25, 0.3) is 5.56 Å². The molecule has 0 fully saturated rings. The highest BCUT2D eigenvalue weighted by Crippen LogP contribution is 2.24. The van der Waals surface area contributed by atoms with E-state index in [0.717, 1.165) is 4.88 Å². The Morgan fingerprint density at radius 1 is 1.44 bits per heavy atom. The number of hydrogen-bond acceptors (Lipinski definition) is 6. The second-order valence-corrected chi connectivity index (χ2v) is 8.53. The van der Waals surface area contributed by atoms with E-state index in [-0.39, 0.29) is 16.7 Å². The van der Waals surface area contributed by atoms with Gasteiger partial charge in [-0.05, 0) is 29.8 Å². The van der Waals surface area contributed by atoms with Crippen molar-refractivity contribution in [1.82, 2.24) is 14.9 Å². The van der Waals surface area contributed by atoms with Crippen molar-refractivity contribution in [2.75, 3.05) is 0 Å². The molecule has 0 aliphatic carbocycles. The Hall–Kier alpha value is -1.90. The highest BCUT2D eigenvalue weighted by atomic mass is 32.2. The number of nitrogens with zero attached hydrogens (tertiary/aromatic N) is 2. The van der Waals surface area contributed by atoms with Crippen LogP contribution in [0.2, 0.25) is 0 Å². The Bertz CT molecular complexity index is 944. The monoisotopic (exact) mass is 391 g/mol. The van der Waals surface area contributed by atoms with Crippen molar-refractivity contribution in [3.8, 4) is 0 Å². The van der Waals surface area contributed by atoms with E-state index in [1.807, 2.05) is 29.8 Å². The predicted octanol–water partition coefficient (Wildman–Crippen LogP) is 3.50. The fourth-order valence-corrected chi connectivity index (χ4v) is 4.65. The Labute approximate surface area is 157 Å². The average molecular weight is 392 g/mol. The number of carbonyl (C=O) groups excluding carboxylic acids is 1. The maximum Gasteiger partial charge on any atom is 0.263 e. The van der Waals surface area contributed by atoms with Crippen LogP contribution < -0.4 is 10.9 Å². The molecule has 3 aromatic rings. The average Bonchev–Trinajstić information content (AvgIpc) is 3.27. The Kier molecular flexibility index (Phi) is 5.72. The van der Waals surface area contributed by atoms with Gasteiger partial charge in [-0.3, -0.25) is 14.2 Å². The first-order chi connectivity index (χ1) is 12.1. The topological polar surface area (TPSA) is 64.0 Å². The van der Waals surface area contributed by atoms with E-state index in [1.165, 1.54) is 23.1 Å². The van der Waals surface area contributed by atoms with Crippen molar-refractivity contribution in [1.29, 1.82) is 0 Å². The fourth-order valence-electron chi connectivity index (χ4n) is 2.25. The molecule has 1 amide bonds. The molecule has 0 aromatic carbocycles. The molecular formula is C17H17N3O2S3. The summed E-state index contributed by atoms with van der Waals surface area (Å²) in [6.07, 6.45) is 1.66. The van der Waals surface area contributed by atoms with Gasteiger partial charge in [-0.1, -0.05) is 23.9 Å². The molecule has 1 N–H and O–H groups in total. The van der Waals surface area contributed by atoms with Crippen molar-refractivity contribution in [3.63, 3.8) is 0 Å². The number of nitrogens with one attached hydrogen (secondary N) is 1. The highest BCUT2D eigenvalue weighted by molar-refractivity contribution is 8.00. The lowest BCUT2D eigenvalue weighted by Crippen LogP contribution is -2.31. The van der Waals surface area contributed by atoms with Gasteiger partial charge < -0.3 is 5.32 Å². The third-order valence-electron chi connectivity index (χ3n) is 3.53. The van der Waals surface area contributed by atoms with E-state index >= 15 is 0 Å². The van der Waals surface area contributed by atoms with Crippen LogP contribution in [0.3, 0.4) is 0 Å². The molecule has 0 spiro atoms. The molecule has 5 nitrogen and oxygen atoms in total. The van der Waals surface area contributed by atoms with Crippen LogP contribution in [0.5, 0.6) is 0 Å². The Morgan fingerprint density at radius 2 is 2.28 bits per heavy atom. The normalized spacial score (nSPS) is 12.2. The van der Waals surface area contributed by atoms with Crippen molar-refractivity contribution in [2.24, 2.45) is 0 Å². The van der Waals surface area contributed by atoms with Crippen LogP contribution in [0.15, 0.2) is 51.6 Å². The molecule has 0 aliphatic heterocycles. The minimum Gasteiger partial charge on any atom is -0.350 e. The summed E-state index contributed by atoms with van der Waals surface area (Å²) in [5.74, 6) is -0.0796. The maximum absolute atomic E-state index is 12.6. The number of thioether (sulfide) groups is 1. The molecule has 1 atom stereocenters. The van der Waals surface area contributed by atoms with E-state index < -0.39 is 0 Å². The molecule has 0 bridgehead atoms. The first-order valence-corrected chi connectivity index (χ1v) is 10.3. The number of allylic oxidation sites excluding steroid dienone is 1. The number of thiophene rings is 2. The van der Waals surface area contributed by atoms with Crippen molar-refractivity contribution in [2.45, 2.75) is 30.4 Å². The van der Waals surface area contributed by atoms with E-state index in [0.29, 0.717) is 28.5 Å². The van der Waals surface area contributed by atoms with Gasteiger partial charge in [-0.2, -0.15) is 0 Å². The van der Waals surface area contributed by atoms with Crippen LogP contribution in [-0.2, 0) is 17.9 Å². The van der Waals surface area contributed by atoms with Gasteiger partial charge in [0, 0.05) is 11.4 Å². The quantitative estimate of drug-likeness (QED) is 0.380. The minimum atomic E-state index is -0.361. The molecule has 0 aliphatic rings. The zero-order valence-corrected chi connectivity index (χ0v) is 16.0. The van der Waals surface area contributed by atoms with E-state index in [1.54, 1.807) is 28.0 Å². The molecule has 0 radical (unpaired) electrons. The molecule has 3 rings (SSSR count). The molecule has 3 heterocycles. The molecular weight excluding hydrogens is 374 g/mol. The summed E-state index contributed by atoms with van der Waals surface area (Å²) in [5.41, 5.74) is -0.0974. The number of carbonyl (C=O) groups is 1. The standard InChI is InChI=1S/C17H17N3O2S3/c1-3-7-20-16(22)13-6-9-24-15(13)19-17(20)25-11(2)14(21)18-10-12-5-4-8-23-12/h3-6,8-9,11H,1,7,10H2,2H3,(H,18,21). The number of rotatable bonds is 7. The van der Waals surface area contributed by atoms with Crippen LogP contribution in [0, 0.1) is 0 Å². The largest absolute Gasteiger partial charge is 0.350 e. The Morgan fingerprint density at radius 3 is 3.00 bits per heavy atom. The maximum atomic E-state index is 12.6.